The summed E-state index contributed by atoms with van der Waals surface area (Å²) in [5.41, 5.74) is 2.49. The number of hydrazine groups is 1. The van der Waals surface area contributed by atoms with Gasteiger partial charge in [-0.05, 0) is 24.3 Å². The molecule has 0 bridgehead atoms. The summed E-state index contributed by atoms with van der Waals surface area (Å²) in [4.78, 5) is 35.4. The van der Waals surface area contributed by atoms with E-state index in [1.807, 2.05) is 0 Å². The number of para-hydroxylation sites is 1. The topological polar surface area (TPSA) is 92.6 Å². The zero-order valence-electron chi connectivity index (χ0n) is 13.5. The Morgan fingerprint density at radius 1 is 1.11 bits per heavy atom. The van der Waals surface area contributed by atoms with Crippen molar-refractivity contribution in [3.63, 3.8) is 0 Å². The number of carbonyl (C=O) groups excluding carboxylic acids is 2. The first kappa shape index (κ1) is 21.3. The highest BCUT2D eigenvalue weighted by Gasteiger charge is 2.22. The maximum atomic E-state index is 12.2. The predicted octanol–water partition coefficient (Wildman–Crippen LogP) is 4.24. The number of rotatable bonds is 6. The number of nitrogens with zero attached hydrogens (tertiary/aromatic N) is 2. The molecule has 2 aromatic rings. The summed E-state index contributed by atoms with van der Waals surface area (Å²) in [6, 6.07) is 10.8. The molecule has 1 N–H and O–H groups in total. The number of hydrogen-bond acceptors (Lipinski definition) is 5. The van der Waals surface area contributed by atoms with E-state index < -0.39 is 16.7 Å². The zero-order valence-corrected chi connectivity index (χ0v) is 16.6. The van der Waals surface area contributed by atoms with Crippen molar-refractivity contribution < 1.29 is 14.5 Å². The predicted molar refractivity (Wildman–Crippen MR) is 106 cm³/mol. The van der Waals surface area contributed by atoms with E-state index in [-0.39, 0.29) is 22.5 Å². The molecule has 2 rings (SSSR count). The van der Waals surface area contributed by atoms with Crippen molar-refractivity contribution in [2.75, 3.05) is 16.8 Å². The molecule has 142 valence electrons. The third kappa shape index (κ3) is 5.49. The Morgan fingerprint density at radius 2 is 1.81 bits per heavy atom. The Balaban J connectivity index is 2.47. The van der Waals surface area contributed by atoms with Crippen LogP contribution in [0.15, 0.2) is 52.3 Å². The van der Waals surface area contributed by atoms with Gasteiger partial charge in [0.1, 0.15) is 11.8 Å². The van der Waals surface area contributed by atoms with Gasteiger partial charge in [-0.1, -0.05) is 35.5 Å². The van der Waals surface area contributed by atoms with Crippen LogP contribution in [-0.2, 0) is 9.59 Å². The van der Waals surface area contributed by atoms with Crippen LogP contribution >= 0.6 is 46.6 Å². The third-order valence-electron chi connectivity index (χ3n) is 3.17. The van der Waals surface area contributed by atoms with Crippen molar-refractivity contribution in [1.82, 2.24) is 5.43 Å². The molecule has 0 aliphatic carbocycles. The number of amides is 2. The van der Waals surface area contributed by atoms with Gasteiger partial charge in [-0.2, -0.15) is 0 Å². The summed E-state index contributed by atoms with van der Waals surface area (Å²) in [7, 11) is 0. The van der Waals surface area contributed by atoms with Gasteiger partial charge < -0.3 is 0 Å². The van der Waals surface area contributed by atoms with Gasteiger partial charge in [-0.25, -0.2) is 5.01 Å². The van der Waals surface area contributed by atoms with Gasteiger partial charge in [0.2, 0.25) is 0 Å². The Labute approximate surface area is 173 Å². The molecule has 2 aromatic carbocycles. The number of nitro groups is 1. The number of nitro benzene ring substituents is 1. The Hall–Kier alpha value is -2.00. The molecule has 0 aliphatic rings. The fourth-order valence-corrected chi connectivity index (χ4v) is 3.40. The molecular weight excluding hydrogens is 437 g/mol. The minimum Gasteiger partial charge on any atom is -0.272 e. The van der Waals surface area contributed by atoms with E-state index in [9.17, 15) is 19.7 Å². The molecule has 0 atom stereocenters. The lowest BCUT2D eigenvalue weighted by Crippen LogP contribution is -2.48. The maximum Gasteiger partial charge on any atom is 0.284 e. The van der Waals surface area contributed by atoms with Crippen LogP contribution in [0.3, 0.4) is 0 Å². The highest BCUT2D eigenvalue weighted by Crippen LogP contribution is 2.40. The van der Waals surface area contributed by atoms with E-state index in [1.165, 1.54) is 18.2 Å². The molecule has 0 aromatic heterocycles. The van der Waals surface area contributed by atoms with E-state index in [0.717, 1.165) is 16.8 Å². The number of carbonyl (C=O) groups is 2. The summed E-state index contributed by atoms with van der Waals surface area (Å²) < 4.78 is 0. The van der Waals surface area contributed by atoms with E-state index >= 15 is 0 Å². The molecule has 7 nitrogen and oxygen atoms in total. The number of alkyl halides is 2. The van der Waals surface area contributed by atoms with Crippen LogP contribution in [0, 0.1) is 10.1 Å². The second-order valence-electron chi connectivity index (χ2n) is 4.97. The van der Waals surface area contributed by atoms with Crippen LogP contribution < -0.4 is 10.4 Å². The number of anilines is 1. The number of nitrogens with one attached hydrogen (secondary N) is 1. The SMILES string of the molecule is O=C(CCl)NN(C(=O)CCl)c1ccccc1Sc1ccc(Cl)cc1[N+](=O)[O-]. The quantitative estimate of drug-likeness (QED) is 0.405. The molecule has 11 heteroatoms. The summed E-state index contributed by atoms with van der Waals surface area (Å²) >= 11 is 18.0. The number of benzene rings is 2. The minimum absolute atomic E-state index is 0.178. The molecule has 0 heterocycles. The van der Waals surface area contributed by atoms with Gasteiger partial charge in [-0.3, -0.25) is 25.1 Å². The van der Waals surface area contributed by atoms with Crippen molar-refractivity contribution in [2.45, 2.75) is 9.79 Å². The van der Waals surface area contributed by atoms with E-state index in [1.54, 1.807) is 24.3 Å². The summed E-state index contributed by atoms with van der Waals surface area (Å²) in [5.74, 6) is -1.94. The highest BCUT2D eigenvalue weighted by atomic mass is 35.5. The number of hydrogen-bond donors (Lipinski definition) is 1. The monoisotopic (exact) mass is 447 g/mol. The molecule has 0 aliphatic heterocycles. The molecule has 0 fully saturated rings. The normalized spacial score (nSPS) is 10.3. The first-order valence-electron chi connectivity index (χ1n) is 7.32. The van der Waals surface area contributed by atoms with Crippen LogP contribution in [0.25, 0.3) is 0 Å². The third-order valence-corrected chi connectivity index (χ3v) is 5.00. The van der Waals surface area contributed by atoms with Crippen LogP contribution in [0.1, 0.15) is 0 Å². The molecule has 0 spiro atoms. The molecule has 0 radical (unpaired) electrons. The van der Waals surface area contributed by atoms with Gasteiger partial charge in [0, 0.05) is 16.0 Å². The van der Waals surface area contributed by atoms with Crippen molar-refractivity contribution in [2.24, 2.45) is 0 Å². The molecule has 27 heavy (non-hydrogen) atoms. The summed E-state index contributed by atoms with van der Waals surface area (Å²) in [5, 5.41) is 12.5. The van der Waals surface area contributed by atoms with Crippen LogP contribution in [0.5, 0.6) is 0 Å². The van der Waals surface area contributed by atoms with E-state index in [4.69, 9.17) is 34.8 Å². The molecule has 0 saturated heterocycles. The zero-order chi connectivity index (χ0) is 20.0. The lowest BCUT2D eigenvalue weighted by Gasteiger charge is -2.24. The standard InChI is InChI=1S/C16H12Cl3N3O4S/c17-8-15(23)20-21(16(24)9-18)11-3-1-2-4-13(11)27-14-6-5-10(19)7-12(14)22(25)26/h1-7H,8-9H2,(H,20,23). The highest BCUT2D eigenvalue weighted by molar-refractivity contribution is 7.99. The maximum absolute atomic E-state index is 12.2. The van der Waals surface area contributed by atoms with Gasteiger partial charge in [0.05, 0.1) is 15.5 Å². The molecular formula is C16H12Cl3N3O4S. The average Bonchev–Trinajstić information content (AvgIpc) is 2.67. The van der Waals surface area contributed by atoms with Crippen molar-refractivity contribution in [3.8, 4) is 0 Å². The van der Waals surface area contributed by atoms with Gasteiger partial charge in [0.15, 0.2) is 0 Å². The number of halogens is 3. The van der Waals surface area contributed by atoms with Crippen LogP contribution in [-0.4, -0.2) is 28.5 Å². The smallest absolute Gasteiger partial charge is 0.272 e. The molecule has 0 saturated carbocycles. The minimum atomic E-state index is -0.604. The molecule has 0 unspecified atom stereocenters. The van der Waals surface area contributed by atoms with E-state index in [2.05, 4.69) is 5.43 Å². The lowest BCUT2D eigenvalue weighted by molar-refractivity contribution is -0.387. The summed E-state index contributed by atoms with van der Waals surface area (Å²) in [6.07, 6.45) is 0. The second-order valence-corrected chi connectivity index (χ2v) is 7.03. The first-order chi connectivity index (χ1) is 12.9. The van der Waals surface area contributed by atoms with Crippen molar-refractivity contribution in [1.29, 1.82) is 0 Å². The Bertz CT molecular complexity index is 882. The van der Waals surface area contributed by atoms with Crippen molar-refractivity contribution in [3.05, 3.63) is 57.6 Å². The van der Waals surface area contributed by atoms with Gasteiger partial charge in [-0.15, -0.1) is 23.2 Å². The average molecular weight is 449 g/mol. The fourth-order valence-electron chi connectivity index (χ4n) is 2.04. The first-order valence-corrected chi connectivity index (χ1v) is 9.59. The van der Waals surface area contributed by atoms with Crippen LogP contribution in [0.2, 0.25) is 5.02 Å². The fraction of sp³-hybridized carbons (Fsp3) is 0.125. The van der Waals surface area contributed by atoms with Gasteiger partial charge >= 0.3 is 0 Å². The Kier molecular flexibility index (Phi) is 7.73. The molecule has 2 amide bonds. The lowest BCUT2D eigenvalue weighted by atomic mass is 10.3. The van der Waals surface area contributed by atoms with Gasteiger partial charge in [0.25, 0.3) is 17.5 Å². The van der Waals surface area contributed by atoms with Crippen molar-refractivity contribution >= 4 is 69.8 Å². The summed E-state index contributed by atoms with van der Waals surface area (Å²) in [6.45, 7) is 0. The Morgan fingerprint density at radius 3 is 2.44 bits per heavy atom. The largest absolute Gasteiger partial charge is 0.284 e. The second kappa shape index (κ2) is 9.80. The van der Waals surface area contributed by atoms with E-state index in [0.29, 0.717) is 15.5 Å². The van der Waals surface area contributed by atoms with Crippen LogP contribution in [0.4, 0.5) is 11.4 Å².